The van der Waals surface area contributed by atoms with E-state index in [4.69, 9.17) is 9.47 Å². The molecule has 0 radical (unpaired) electrons. The molecule has 0 saturated heterocycles. The fourth-order valence-corrected chi connectivity index (χ4v) is 2.30. The van der Waals surface area contributed by atoms with Crippen LogP contribution in [0.3, 0.4) is 0 Å². The van der Waals surface area contributed by atoms with Crippen molar-refractivity contribution in [1.82, 2.24) is 20.3 Å². The van der Waals surface area contributed by atoms with Gasteiger partial charge in [0.2, 0.25) is 0 Å². The molecule has 2 aromatic rings. The van der Waals surface area contributed by atoms with Gasteiger partial charge in [0.1, 0.15) is 5.82 Å². The van der Waals surface area contributed by atoms with E-state index in [2.05, 4.69) is 15.6 Å². The molecule has 136 valence electrons. The van der Waals surface area contributed by atoms with Gasteiger partial charge in [-0.15, -0.1) is 5.10 Å². The van der Waals surface area contributed by atoms with Crippen LogP contribution in [-0.2, 0) is 16.0 Å². The largest absolute Gasteiger partial charge is 0.351 e. The second kappa shape index (κ2) is 9.24. The molecule has 1 atom stereocenters. The number of nitrogens with one attached hydrogen (secondary N) is 1. The Morgan fingerprint density at radius 2 is 2.04 bits per heavy atom. The molecule has 1 amide bonds. The predicted molar refractivity (Wildman–Crippen MR) is 89.3 cm³/mol. The summed E-state index contributed by atoms with van der Waals surface area (Å²) >= 11 is 0. The summed E-state index contributed by atoms with van der Waals surface area (Å²) in [5.41, 5.74) is 0.850. The zero-order chi connectivity index (χ0) is 18.2. The lowest BCUT2D eigenvalue weighted by Crippen LogP contribution is -2.27. The highest BCUT2D eigenvalue weighted by Crippen LogP contribution is 2.14. The third-order valence-electron chi connectivity index (χ3n) is 3.51. The molecular weight excluding hydrogens is 327 g/mol. The second-order valence-electron chi connectivity index (χ2n) is 5.42. The lowest BCUT2D eigenvalue weighted by Gasteiger charge is -2.16. The minimum absolute atomic E-state index is 0.176. The molecule has 0 aliphatic carbocycles. The number of rotatable bonds is 9. The van der Waals surface area contributed by atoms with Crippen LogP contribution in [0.2, 0.25) is 0 Å². The van der Waals surface area contributed by atoms with E-state index in [0.717, 1.165) is 0 Å². The molecule has 0 aliphatic heterocycles. The third-order valence-corrected chi connectivity index (χ3v) is 3.51. The van der Waals surface area contributed by atoms with Gasteiger partial charge in [-0.2, -0.15) is 0 Å². The number of carbonyl (C=O) groups is 1. The monoisotopic (exact) mass is 350 g/mol. The zero-order valence-electron chi connectivity index (χ0n) is 14.6. The lowest BCUT2D eigenvalue weighted by atomic mass is 10.1. The SMILES string of the molecule is CCOC(Cn1cc(C(=O)N[C@H](C)c2cccc(F)c2)nn1)OCC. The minimum Gasteiger partial charge on any atom is -0.351 e. The van der Waals surface area contributed by atoms with Gasteiger partial charge in [-0.25, -0.2) is 9.07 Å². The van der Waals surface area contributed by atoms with E-state index in [9.17, 15) is 9.18 Å². The summed E-state index contributed by atoms with van der Waals surface area (Å²) in [4.78, 5) is 12.3. The van der Waals surface area contributed by atoms with Crippen molar-refractivity contribution in [2.24, 2.45) is 0 Å². The van der Waals surface area contributed by atoms with Gasteiger partial charge in [0.05, 0.1) is 18.8 Å². The molecule has 25 heavy (non-hydrogen) atoms. The van der Waals surface area contributed by atoms with Crippen LogP contribution in [0.4, 0.5) is 4.39 Å². The lowest BCUT2D eigenvalue weighted by molar-refractivity contribution is -0.145. The number of halogens is 1. The summed E-state index contributed by atoms with van der Waals surface area (Å²) in [6.45, 7) is 6.88. The van der Waals surface area contributed by atoms with Crippen molar-refractivity contribution < 1.29 is 18.7 Å². The summed E-state index contributed by atoms with van der Waals surface area (Å²) in [6, 6.07) is 5.74. The van der Waals surface area contributed by atoms with Crippen LogP contribution in [0.1, 0.15) is 42.9 Å². The van der Waals surface area contributed by atoms with Gasteiger partial charge in [-0.3, -0.25) is 4.79 Å². The number of hydrogen-bond donors (Lipinski definition) is 1. The first-order valence-electron chi connectivity index (χ1n) is 8.23. The Morgan fingerprint density at radius 1 is 1.32 bits per heavy atom. The minimum atomic E-state index is -0.446. The molecule has 0 saturated carbocycles. The Morgan fingerprint density at radius 3 is 2.68 bits per heavy atom. The predicted octanol–water partition coefficient (Wildman–Crippen LogP) is 2.31. The van der Waals surface area contributed by atoms with Gasteiger partial charge < -0.3 is 14.8 Å². The number of aromatic nitrogens is 3. The van der Waals surface area contributed by atoms with Gasteiger partial charge in [0.15, 0.2) is 12.0 Å². The number of ether oxygens (including phenoxy) is 2. The Bertz CT molecular complexity index is 686. The van der Waals surface area contributed by atoms with Gasteiger partial charge in [-0.1, -0.05) is 17.3 Å². The third kappa shape index (κ3) is 5.61. The molecule has 1 aromatic carbocycles. The van der Waals surface area contributed by atoms with Crippen molar-refractivity contribution >= 4 is 5.91 Å². The molecule has 0 fully saturated rings. The molecule has 7 nitrogen and oxygen atoms in total. The van der Waals surface area contributed by atoms with Crippen molar-refractivity contribution in [3.63, 3.8) is 0 Å². The van der Waals surface area contributed by atoms with Crippen LogP contribution in [0, 0.1) is 5.82 Å². The quantitative estimate of drug-likeness (QED) is 0.702. The van der Waals surface area contributed by atoms with E-state index in [-0.39, 0.29) is 23.5 Å². The van der Waals surface area contributed by atoms with Crippen molar-refractivity contribution in [3.05, 3.63) is 47.5 Å². The highest BCUT2D eigenvalue weighted by Gasteiger charge is 2.17. The summed E-state index contributed by atoms with van der Waals surface area (Å²) in [6.07, 6.45) is 1.08. The topological polar surface area (TPSA) is 78.3 Å². The number of carbonyl (C=O) groups excluding carboxylic acids is 1. The molecule has 0 bridgehead atoms. The molecular formula is C17H23FN4O3. The molecule has 0 aliphatic rings. The van der Waals surface area contributed by atoms with Crippen LogP contribution in [0.15, 0.2) is 30.5 Å². The Kier molecular flexibility index (Phi) is 7.03. The van der Waals surface area contributed by atoms with Crippen molar-refractivity contribution in [3.8, 4) is 0 Å². The number of benzene rings is 1. The highest BCUT2D eigenvalue weighted by molar-refractivity contribution is 5.92. The molecule has 0 spiro atoms. The van der Waals surface area contributed by atoms with Gasteiger partial charge in [0, 0.05) is 13.2 Å². The summed E-state index contributed by atoms with van der Waals surface area (Å²) in [7, 11) is 0. The maximum atomic E-state index is 13.3. The van der Waals surface area contributed by atoms with Crippen molar-refractivity contribution in [2.75, 3.05) is 13.2 Å². The van der Waals surface area contributed by atoms with Crippen molar-refractivity contribution in [1.29, 1.82) is 0 Å². The van der Waals surface area contributed by atoms with Crippen LogP contribution in [0.25, 0.3) is 0 Å². The number of nitrogens with zero attached hydrogens (tertiary/aromatic N) is 3. The van der Waals surface area contributed by atoms with E-state index >= 15 is 0 Å². The Labute approximate surface area is 146 Å². The standard InChI is InChI=1S/C17H23FN4O3/c1-4-24-16(25-5-2)11-22-10-15(20-21-22)17(23)19-12(3)13-7-6-8-14(18)9-13/h6-10,12,16H,4-5,11H2,1-3H3,(H,19,23)/t12-/m1/s1. The zero-order valence-corrected chi connectivity index (χ0v) is 14.6. The van der Waals surface area contributed by atoms with Crippen LogP contribution in [0.5, 0.6) is 0 Å². The maximum Gasteiger partial charge on any atom is 0.273 e. The van der Waals surface area contributed by atoms with Crippen molar-refractivity contribution in [2.45, 2.75) is 39.6 Å². The van der Waals surface area contributed by atoms with Crippen LogP contribution < -0.4 is 5.32 Å². The summed E-state index contributed by atoms with van der Waals surface area (Å²) in [5, 5.41) is 10.6. The number of amides is 1. The van der Waals surface area contributed by atoms with E-state index in [1.165, 1.54) is 23.0 Å². The van der Waals surface area contributed by atoms with E-state index in [0.29, 0.717) is 25.3 Å². The summed E-state index contributed by atoms with van der Waals surface area (Å²) < 4.78 is 25.7. The Hall–Kier alpha value is -2.32. The Balaban J connectivity index is 1.97. The first-order valence-corrected chi connectivity index (χ1v) is 8.23. The van der Waals surface area contributed by atoms with Crippen LogP contribution in [-0.4, -0.2) is 40.4 Å². The average molecular weight is 350 g/mol. The molecule has 1 heterocycles. The smallest absolute Gasteiger partial charge is 0.273 e. The molecule has 8 heteroatoms. The van der Waals surface area contributed by atoms with Gasteiger partial charge in [0.25, 0.3) is 5.91 Å². The highest BCUT2D eigenvalue weighted by atomic mass is 19.1. The normalized spacial score (nSPS) is 12.4. The fraction of sp³-hybridized carbons (Fsp3) is 0.471. The van der Waals surface area contributed by atoms with E-state index < -0.39 is 6.29 Å². The summed E-state index contributed by atoms with van der Waals surface area (Å²) in [5.74, 6) is -0.727. The van der Waals surface area contributed by atoms with Gasteiger partial charge >= 0.3 is 0 Å². The maximum absolute atomic E-state index is 13.3. The fourth-order valence-electron chi connectivity index (χ4n) is 2.30. The van der Waals surface area contributed by atoms with E-state index in [1.54, 1.807) is 19.1 Å². The first-order chi connectivity index (χ1) is 12.0. The van der Waals surface area contributed by atoms with E-state index in [1.807, 2.05) is 13.8 Å². The molecule has 1 N–H and O–H groups in total. The molecule has 1 aromatic heterocycles. The van der Waals surface area contributed by atoms with Gasteiger partial charge in [-0.05, 0) is 38.5 Å². The number of hydrogen-bond acceptors (Lipinski definition) is 5. The average Bonchev–Trinajstić information content (AvgIpc) is 3.04. The molecule has 2 rings (SSSR count). The van der Waals surface area contributed by atoms with Crippen LogP contribution >= 0.6 is 0 Å². The molecule has 0 unspecified atom stereocenters. The second-order valence-corrected chi connectivity index (χ2v) is 5.42. The first kappa shape index (κ1) is 19.0.